The van der Waals surface area contributed by atoms with Gasteiger partial charge in [-0.05, 0) is 18.2 Å². The summed E-state index contributed by atoms with van der Waals surface area (Å²) in [5.41, 5.74) is 2.71. The molecule has 0 saturated carbocycles. The third-order valence-corrected chi connectivity index (χ3v) is 3.43. The average molecular weight is 343 g/mol. The number of nitrogens with one attached hydrogen (secondary N) is 1. The molecule has 0 fully saturated rings. The van der Waals surface area contributed by atoms with Gasteiger partial charge in [0.05, 0.1) is 0 Å². The maximum atomic E-state index is 11.9. The zero-order valence-electron chi connectivity index (χ0n) is 10.7. The first-order valence-electron chi connectivity index (χ1n) is 5.71. The van der Waals surface area contributed by atoms with E-state index in [2.05, 4.69) is 0 Å². The van der Waals surface area contributed by atoms with Crippen LogP contribution in [0.25, 0.3) is 11.1 Å². The molecule has 0 spiro atoms. The van der Waals surface area contributed by atoms with Gasteiger partial charge in [-0.3, -0.25) is 4.79 Å². The number of rotatable bonds is 3. The number of H-pyrrole nitrogens is 1. The molecule has 2 aromatic rings. The monoisotopic (exact) mass is 342 g/mol. The lowest BCUT2D eigenvalue weighted by molar-refractivity contribution is 0.0695. The van der Waals surface area contributed by atoms with Crippen molar-refractivity contribution >= 4 is 41.0 Å². The second-order valence-electron chi connectivity index (χ2n) is 4.23. The molecule has 0 aliphatic heterocycles. The first-order chi connectivity index (χ1) is 10.2. The van der Waals surface area contributed by atoms with E-state index in [0.717, 1.165) is 0 Å². The summed E-state index contributed by atoms with van der Waals surface area (Å²) >= 11 is 11.8. The van der Waals surface area contributed by atoms with Crippen LogP contribution in [0.2, 0.25) is 10.0 Å². The number of aromatic amines is 1. The highest BCUT2D eigenvalue weighted by molar-refractivity contribution is 6.36. The predicted octanol–water partition coefficient (Wildman–Crippen LogP) is 2.33. The number of benzene rings is 1. The number of hydrogen-bond donors (Lipinski definition) is 4. The van der Waals surface area contributed by atoms with Crippen LogP contribution in [0.3, 0.4) is 0 Å². The lowest BCUT2D eigenvalue weighted by Gasteiger charge is -2.13. The van der Waals surface area contributed by atoms with Gasteiger partial charge >= 0.3 is 11.9 Å². The van der Waals surface area contributed by atoms with E-state index in [-0.39, 0.29) is 15.6 Å². The Kier molecular flexibility index (Phi) is 4.11. The van der Waals surface area contributed by atoms with Crippen LogP contribution < -0.4 is 11.3 Å². The summed E-state index contributed by atoms with van der Waals surface area (Å²) in [6.07, 6.45) is 0. The van der Waals surface area contributed by atoms with Crippen LogP contribution in [-0.2, 0) is 0 Å². The lowest BCUT2D eigenvalue weighted by atomic mass is 9.95. The van der Waals surface area contributed by atoms with Gasteiger partial charge in [0.2, 0.25) is 0 Å². The molecule has 0 unspecified atom stereocenters. The maximum Gasteiger partial charge on any atom is 0.342 e. The van der Waals surface area contributed by atoms with Crippen LogP contribution in [0.1, 0.15) is 20.7 Å². The van der Waals surface area contributed by atoms with Crippen molar-refractivity contribution in [3.05, 3.63) is 49.7 Å². The van der Waals surface area contributed by atoms with Crippen LogP contribution in [0.4, 0.5) is 5.82 Å². The van der Waals surface area contributed by atoms with Crippen molar-refractivity contribution in [2.45, 2.75) is 0 Å². The Labute approximate surface area is 132 Å². The van der Waals surface area contributed by atoms with E-state index in [1.807, 2.05) is 4.98 Å². The van der Waals surface area contributed by atoms with Crippen molar-refractivity contribution in [2.75, 3.05) is 5.73 Å². The van der Waals surface area contributed by atoms with Crippen molar-refractivity contribution < 1.29 is 19.8 Å². The van der Waals surface area contributed by atoms with Crippen LogP contribution in [0, 0.1) is 0 Å². The van der Waals surface area contributed by atoms with Gasteiger partial charge in [0, 0.05) is 21.2 Å². The number of aromatic nitrogens is 1. The Morgan fingerprint density at radius 2 is 1.68 bits per heavy atom. The number of hydrogen-bond acceptors (Lipinski definition) is 4. The maximum absolute atomic E-state index is 11.9. The molecule has 22 heavy (non-hydrogen) atoms. The predicted molar refractivity (Wildman–Crippen MR) is 80.8 cm³/mol. The molecule has 5 N–H and O–H groups in total. The number of nitrogens with two attached hydrogens (primary N) is 1. The third-order valence-electron chi connectivity index (χ3n) is 2.87. The Hall–Kier alpha value is -2.51. The molecular formula is C13H8Cl2N2O5. The second-order valence-corrected chi connectivity index (χ2v) is 5.07. The Balaban J connectivity index is 3.06. The molecule has 2 rings (SSSR count). The summed E-state index contributed by atoms with van der Waals surface area (Å²) < 4.78 is 0. The minimum atomic E-state index is -1.62. The number of halogens is 2. The zero-order valence-corrected chi connectivity index (χ0v) is 12.2. The van der Waals surface area contributed by atoms with E-state index < -0.39 is 40.0 Å². The molecule has 114 valence electrons. The first kappa shape index (κ1) is 15.9. The number of pyridine rings is 1. The quantitative estimate of drug-likeness (QED) is 0.676. The first-order valence-corrected chi connectivity index (χ1v) is 6.47. The largest absolute Gasteiger partial charge is 0.478 e. The van der Waals surface area contributed by atoms with Gasteiger partial charge < -0.3 is 20.9 Å². The third kappa shape index (κ3) is 2.63. The molecule has 0 atom stereocenters. The molecule has 1 aromatic heterocycles. The number of carboxylic acid groups (broad SMARTS) is 2. The van der Waals surface area contributed by atoms with E-state index in [1.54, 1.807) is 0 Å². The standard InChI is InChI=1S/C13H8Cl2N2O5/c14-4-1-2-6(15)5(3-4)7-8(12(19)20)10(16)17-11(18)9(7)13(21)22/h1-3H,(H,19,20)(H,21,22)(H3,16,17,18). The highest BCUT2D eigenvalue weighted by Gasteiger charge is 2.27. The second kappa shape index (κ2) is 5.70. The zero-order chi connectivity index (χ0) is 16.6. The summed E-state index contributed by atoms with van der Waals surface area (Å²) in [6.45, 7) is 0. The molecular weight excluding hydrogens is 335 g/mol. The molecule has 0 radical (unpaired) electrons. The van der Waals surface area contributed by atoms with Crippen molar-refractivity contribution in [2.24, 2.45) is 0 Å². The Bertz CT molecular complexity index is 860. The molecule has 1 heterocycles. The van der Waals surface area contributed by atoms with E-state index in [1.165, 1.54) is 18.2 Å². The SMILES string of the molecule is Nc1[nH]c(=O)c(C(=O)O)c(-c2cc(Cl)ccc2Cl)c1C(=O)O. The fourth-order valence-corrected chi connectivity index (χ4v) is 2.39. The molecule has 9 heteroatoms. The summed E-state index contributed by atoms with van der Waals surface area (Å²) in [4.78, 5) is 36.7. The topological polar surface area (TPSA) is 133 Å². The fraction of sp³-hybridized carbons (Fsp3) is 0. The van der Waals surface area contributed by atoms with Crippen molar-refractivity contribution in [3.63, 3.8) is 0 Å². The number of anilines is 1. The average Bonchev–Trinajstić information content (AvgIpc) is 2.39. The van der Waals surface area contributed by atoms with Crippen molar-refractivity contribution in [1.82, 2.24) is 4.98 Å². The van der Waals surface area contributed by atoms with E-state index >= 15 is 0 Å². The van der Waals surface area contributed by atoms with Gasteiger partial charge in [-0.2, -0.15) is 0 Å². The van der Waals surface area contributed by atoms with Gasteiger partial charge in [0.25, 0.3) is 5.56 Å². The highest BCUT2D eigenvalue weighted by Crippen LogP contribution is 2.35. The lowest BCUT2D eigenvalue weighted by Crippen LogP contribution is -2.24. The Morgan fingerprint density at radius 1 is 1.09 bits per heavy atom. The van der Waals surface area contributed by atoms with Crippen molar-refractivity contribution in [1.29, 1.82) is 0 Å². The summed E-state index contributed by atoms with van der Waals surface area (Å²) in [7, 11) is 0. The van der Waals surface area contributed by atoms with E-state index in [0.29, 0.717) is 0 Å². The van der Waals surface area contributed by atoms with Crippen LogP contribution >= 0.6 is 23.2 Å². The van der Waals surface area contributed by atoms with Gasteiger partial charge in [-0.15, -0.1) is 0 Å². The van der Waals surface area contributed by atoms with Crippen molar-refractivity contribution in [3.8, 4) is 11.1 Å². The summed E-state index contributed by atoms with van der Waals surface area (Å²) in [5.74, 6) is -3.61. The highest BCUT2D eigenvalue weighted by atomic mass is 35.5. The van der Waals surface area contributed by atoms with Crippen LogP contribution in [-0.4, -0.2) is 27.1 Å². The van der Waals surface area contributed by atoms with Gasteiger partial charge in [-0.25, -0.2) is 9.59 Å². The minimum absolute atomic E-state index is 0.0123. The number of aromatic carboxylic acids is 2. The number of carboxylic acids is 2. The van der Waals surface area contributed by atoms with E-state index in [4.69, 9.17) is 28.9 Å². The molecule has 0 amide bonds. The van der Waals surface area contributed by atoms with Crippen LogP contribution in [0.15, 0.2) is 23.0 Å². The van der Waals surface area contributed by atoms with E-state index in [9.17, 15) is 24.6 Å². The summed E-state index contributed by atoms with van der Waals surface area (Å²) in [5, 5.41) is 18.7. The normalized spacial score (nSPS) is 10.5. The number of carbonyl (C=O) groups is 2. The smallest absolute Gasteiger partial charge is 0.342 e. The van der Waals surface area contributed by atoms with Gasteiger partial charge in [-0.1, -0.05) is 23.2 Å². The molecule has 0 bridgehead atoms. The Morgan fingerprint density at radius 3 is 2.23 bits per heavy atom. The molecule has 0 aliphatic carbocycles. The van der Waals surface area contributed by atoms with Crippen LogP contribution in [0.5, 0.6) is 0 Å². The fourth-order valence-electron chi connectivity index (χ4n) is 2.01. The van der Waals surface area contributed by atoms with Gasteiger partial charge in [0.1, 0.15) is 16.9 Å². The molecule has 0 aliphatic rings. The molecule has 7 nitrogen and oxygen atoms in total. The minimum Gasteiger partial charge on any atom is -0.478 e. The van der Waals surface area contributed by atoms with Gasteiger partial charge in [0.15, 0.2) is 0 Å². The molecule has 1 aromatic carbocycles. The summed E-state index contributed by atoms with van der Waals surface area (Å²) in [6, 6.07) is 4.05. The molecule has 0 saturated heterocycles. The number of nitrogen functional groups attached to an aromatic ring is 1.